The predicted molar refractivity (Wildman–Crippen MR) is 99.7 cm³/mol. The SMILES string of the molecule is Cc1cc(C)cc(NCCNc2cccc(OCC(C)C)c2)c1. The van der Waals surface area contributed by atoms with Gasteiger partial charge in [0.15, 0.2) is 0 Å². The van der Waals surface area contributed by atoms with Crippen LogP contribution in [0.4, 0.5) is 11.4 Å². The predicted octanol–water partition coefficient (Wildman–Crippen LogP) is 4.86. The molecule has 2 N–H and O–H groups in total. The molecule has 0 unspecified atom stereocenters. The highest BCUT2D eigenvalue weighted by Gasteiger charge is 1.99. The zero-order chi connectivity index (χ0) is 16.7. The Labute approximate surface area is 140 Å². The van der Waals surface area contributed by atoms with Crippen molar-refractivity contribution in [3.63, 3.8) is 0 Å². The fraction of sp³-hybridized carbons (Fsp3) is 0.400. The maximum atomic E-state index is 5.75. The van der Waals surface area contributed by atoms with Crippen molar-refractivity contribution in [2.75, 3.05) is 30.3 Å². The Morgan fingerprint density at radius 3 is 2.17 bits per heavy atom. The Bertz CT molecular complexity index is 603. The van der Waals surface area contributed by atoms with E-state index in [9.17, 15) is 0 Å². The molecule has 2 rings (SSSR count). The Kier molecular flexibility index (Phi) is 6.33. The van der Waals surface area contributed by atoms with E-state index in [1.807, 2.05) is 12.1 Å². The first kappa shape index (κ1) is 17.2. The van der Waals surface area contributed by atoms with Crippen molar-refractivity contribution in [1.82, 2.24) is 0 Å². The number of ether oxygens (including phenoxy) is 1. The lowest BCUT2D eigenvalue weighted by Crippen LogP contribution is -2.14. The summed E-state index contributed by atoms with van der Waals surface area (Å²) in [6, 6.07) is 14.7. The number of hydrogen-bond donors (Lipinski definition) is 2. The number of hydrogen-bond acceptors (Lipinski definition) is 3. The summed E-state index contributed by atoms with van der Waals surface area (Å²) < 4.78 is 5.75. The van der Waals surface area contributed by atoms with Crippen LogP contribution in [0.5, 0.6) is 5.75 Å². The summed E-state index contributed by atoms with van der Waals surface area (Å²) in [5.74, 6) is 1.46. The quantitative estimate of drug-likeness (QED) is 0.683. The van der Waals surface area contributed by atoms with Crippen molar-refractivity contribution in [3.8, 4) is 5.75 Å². The van der Waals surface area contributed by atoms with Crippen LogP contribution in [0.1, 0.15) is 25.0 Å². The van der Waals surface area contributed by atoms with E-state index in [2.05, 4.69) is 68.7 Å². The maximum absolute atomic E-state index is 5.75. The first-order chi connectivity index (χ1) is 11.0. The van der Waals surface area contributed by atoms with Crippen molar-refractivity contribution < 1.29 is 4.74 Å². The second-order valence-corrected chi connectivity index (χ2v) is 6.46. The van der Waals surface area contributed by atoms with Gasteiger partial charge in [0.2, 0.25) is 0 Å². The van der Waals surface area contributed by atoms with Crippen LogP contribution in [0.2, 0.25) is 0 Å². The van der Waals surface area contributed by atoms with Gasteiger partial charge in [0.1, 0.15) is 5.75 Å². The molecule has 0 heterocycles. The summed E-state index contributed by atoms with van der Waals surface area (Å²) in [6.45, 7) is 11.0. The second-order valence-electron chi connectivity index (χ2n) is 6.46. The van der Waals surface area contributed by atoms with Crippen LogP contribution in [-0.4, -0.2) is 19.7 Å². The van der Waals surface area contributed by atoms with E-state index in [0.29, 0.717) is 5.92 Å². The molecule has 3 nitrogen and oxygen atoms in total. The zero-order valence-electron chi connectivity index (χ0n) is 14.6. The van der Waals surface area contributed by atoms with Gasteiger partial charge in [-0.1, -0.05) is 26.0 Å². The first-order valence-corrected chi connectivity index (χ1v) is 8.32. The molecule has 0 spiro atoms. The van der Waals surface area contributed by atoms with Crippen LogP contribution in [0.25, 0.3) is 0 Å². The molecular weight excluding hydrogens is 284 g/mol. The average Bonchev–Trinajstić information content (AvgIpc) is 2.49. The topological polar surface area (TPSA) is 33.3 Å². The van der Waals surface area contributed by atoms with Gasteiger partial charge >= 0.3 is 0 Å². The van der Waals surface area contributed by atoms with Gasteiger partial charge < -0.3 is 15.4 Å². The highest BCUT2D eigenvalue weighted by molar-refractivity contribution is 5.50. The van der Waals surface area contributed by atoms with E-state index >= 15 is 0 Å². The molecule has 3 heteroatoms. The van der Waals surface area contributed by atoms with Gasteiger partial charge in [0.05, 0.1) is 6.61 Å². The molecular formula is C20H28N2O. The van der Waals surface area contributed by atoms with Gasteiger partial charge in [-0.05, 0) is 55.2 Å². The zero-order valence-corrected chi connectivity index (χ0v) is 14.6. The van der Waals surface area contributed by atoms with E-state index in [-0.39, 0.29) is 0 Å². The van der Waals surface area contributed by atoms with E-state index in [1.54, 1.807) is 0 Å². The molecule has 0 fully saturated rings. The summed E-state index contributed by atoms with van der Waals surface area (Å²) >= 11 is 0. The van der Waals surface area contributed by atoms with Crippen molar-refractivity contribution >= 4 is 11.4 Å². The van der Waals surface area contributed by atoms with Gasteiger partial charge in [0.25, 0.3) is 0 Å². The van der Waals surface area contributed by atoms with E-state index in [0.717, 1.165) is 31.1 Å². The summed E-state index contributed by atoms with van der Waals surface area (Å²) in [5, 5.41) is 6.89. The van der Waals surface area contributed by atoms with E-state index in [4.69, 9.17) is 4.74 Å². The monoisotopic (exact) mass is 312 g/mol. The van der Waals surface area contributed by atoms with Crippen LogP contribution in [-0.2, 0) is 0 Å². The second kappa shape index (κ2) is 8.47. The van der Waals surface area contributed by atoms with Crippen LogP contribution in [0.3, 0.4) is 0 Å². The first-order valence-electron chi connectivity index (χ1n) is 8.32. The molecule has 0 amide bonds. The standard InChI is InChI=1S/C20H28N2O/c1-15(2)14-23-20-7-5-6-18(13-20)21-8-9-22-19-11-16(3)10-17(4)12-19/h5-7,10-13,15,21-22H,8-9,14H2,1-4H3. The summed E-state index contributed by atoms with van der Waals surface area (Å²) in [6.07, 6.45) is 0. The van der Waals surface area contributed by atoms with Gasteiger partial charge in [-0.2, -0.15) is 0 Å². The van der Waals surface area contributed by atoms with Crippen LogP contribution in [0.15, 0.2) is 42.5 Å². The fourth-order valence-corrected chi connectivity index (χ4v) is 2.45. The van der Waals surface area contributed by atoms with Crippen LogP contribution in [0, 0.1) is 19.8 Å². The molecule has 0 aliphatic heterocycles. The molecule has 2 aromatic carbocycles. The Morgan fingerprint density at radius 2 is 1.52 bits per heavy atom. The highest BCUT2D eigenvalue weighted by atomic mass is 16.5. The molecule has 124 valence electrons. The smallest absolute Gasteiger partial charge is 0.121 e. The third kappa shape index (κ3) is 6.23. The molecule has 0 aliphatic carbocycles. The largest absolute Gasteiger partial charge is 0.493 e. The summed E-state index contributed by atoms with van der Waals surface area (Å²) in [7, 11) is 0. The van der Waals surface area contributed by atoms with Gasteiger partial charge in [-0.25, -0.2) is 0 Å². The lowest BCUT2D eigenvalue weighted by molar-refractivity contribution is 0.271. The van der Waals surface area contributed by atoms with E-state index in [1.165, 1.54) is 16.8 Å². The molecule has 2 aromatic rings. The normalized spacial score (nSPS) is 10.7. The molecule has 0 atom stereocenters. The molecule has 0 aromatic heterocycles. The van der Waals surface area contributed by atoms with Gasteiger partial charge in [0, 0.05) is 30.5 Å². The fourth-order valence-electron chi connectivity index (χ4n) is 2.45. The number of rotatable bonds is 8. The van der Waals surface area contributed by atoms with Crippen molar-refractivity contribution in [2.24, 2.45) is 5.92 Å². The number of nitrogens with one attached hydrogen (secondary N) is 2. The average molecular weight is 312 g/mol. The van der Waals surface area contributed by atoms with E-state index < -0.39 is 0 Å². The number of anilines is 2. The Hall–Kier alpha value is -2.16. The van der Waals surface area contributed by atoms with Crippen molar-refractivity contribution in [3.05, 3.63) is 53.6 Å². The van der Waals surface area contributed by atoms with Crippen molar-refractivity contribution in [2.45, 2.75) is 27.7 Å². The van der Waals surface area contributed by atoms with Gasteiger partial charge in [-0.3, -0.25) is 0 Å². The number of benzene rings is 2. The van der Waals surface area contributed by atoms with Crippen LogP contribution >= 0.6 is 0 Å². The molecule has 0 radical (unpaired) electrons. The third-order valence-corrected chi connectivity index (χ3v) is 3.42. The lowest BCUT2D eigenvalue weighted by Gasteiger charge is -2.12. The van der Waals surface area contributed by atoms with Gasteiger partial charge in [-0.15, -0.1) is 0 Å². The minimum Gasteiger partial charge on any atom is -0.493 e. The molecule has 0 saturated carbocycles. The minimum atomic E-state index is 0.536. The Morgan fingerprint density at radius 1 is 0.870 bits per heavy atom. The molecule has 0 aliphatic rings. The molecule has 23 heavy (non-hydrogen) atoms. The highest BCUT2D eigenvalue weighted by Crippen LogP contribution is 2.18. The van der Waals surface area contributed by atoms with Crippen LogP contribution < -0.4 is 15.4 Å². The molecule has 0 saturated heterocycles. The number of aryl methyl sites for hydroxylation is 2. The van der Waals surface area contributed by atoms with Crippen molar-refractivity contribution in [1.29, 1.82) is 0 Å². The lowest BCUT2D eigenvalue weighted by atomic mass is 10.1. The Balaban J connectivity index is 1.78. The molecule has 0 bridgehead atoms. The third-order valence-electron chi connectivity index (χ3n) is 3.42. The summed E-state index contributed by atoms with van der Waals surface area (Å²) in [4.78, 5) is 0. The maximum Gasteiger partial charge on any atom is 0.121 e. The minimum absolute atomic E-state index is 0.536. The summed E-state index contributed by atoms with van der Waals surface area (Å²) in [5.41, 5.74) is 4.85.